The van der Waals surface area contributed by atoms with Crippen molar-refractivity contribution >= 4 is 11.6 Å². The van der Waals surface area contributed by atoms with Crippen molar-refractivity contribution < 1.29 is 9.53 Å². The first kappa shape index (κ1) is 27.3. The molecule has 0 aliphatic carbocycles. The van der Waals surface area contributed by atoms with Crippen LogP contribution in [0.1, 0.15) is 102 Å². The molecular formula is C26H47N3O2. The van der Waals surface area contributed by atoms with Crippen LogP contribution in [0, 0.1) is 0 Å². The average molecular weight is 434 g/mol. The number of hydrogen-bond acceptors (Lipinski definition) is 4. The molecule has 0 unspecified atom stereocenters. The maximum Gasteiger partial charge on any atom is 0.222 e. The molecule has 0 aliphatic rings. The van der Waals surface area contributed by atoms with E-state index in [4.69, 9.17) is 16.2 Å². The number of rotatable bonds is 19. The zero-order chi connectivity index (χ0) is 22.7. The second kappa shape index (κ2) is 17.9. The standard InChI is InChI=1S/C26H47N3O2/c1-3-4-5-6-7-8-9-10-11-15-20-31-25-18-17-24(28)21-23(25)22-29(2)26(30)16-13-12-14-19-27/h17-18,21H,3-16,19-20,22,27-28H2,1-2H3. The summed E-state index contributed by atoms with van der Waals surface area (Å²) in [5, 5.41) is 0. The zero-order valence-electron chi connectivity index (χ0n) is 20.2. The van der Waals surface area contributed by atoms with Crippen molar-refractivity contribution in [3.8, 4) is 5.75 Å². The van der Waals surface area contributed by atoms with Gasteiger partial charge in [-0.15, -0.1) is 0 Å². The summed E-state index contributed by atoms with van der Waals surface area (Å²) in [6, 6.07) is 5.72. The summed E-state index contributed by atoms with van der Waals surface area (Å²) >= 11 is 0. The van der Waals surface area contributed by atoms with E-state index >= 15 is 0 Å². The molecule has 1 aromatic carbocycles. The molecule has 0 aromatic heterocycles. The van der Waals surface area contributed by atoms with Crippen molar-refractivity contribution in [1.82, 2.24) is 4.90 Å². The molecule has 0 radical (unpaired) electrons. The highest BCUT2D eigenvalue weighted by Gasteiger charge is 2.12. The Morgan fingerprint density at radius 1 is 0.903 bits per heavy atom. The van der Waals surface area contributed by atoms with Crippen molar-refractivity contribution in [3.63, 3.8) is 0 Å². The molecule has 1 rings (SSSR count). The minimum absolute atomic E-state index is 0.153. The van der Waals surface area contributed by atoms with Gasteiger partial charge in [0, 0.05) is 31.3 Å². The molecule has 0 fully saturated rings. The molecule has 0 heterocycles. The number of nitrogens with two attached hydrogens (primary N) is 2. The van der Waals surface area contributed by atoms with Crippen LogP contribution in [-0.2, 0) is 11.3 Å². The van der Waals surface area contributed by atoms with Crippen LogP contribution in [0.3, 0.4) is 0 Å². The maximum absolute atomic E-state index is 12.4. The number of nitrogens with zero attached hydrogens (tertiary/aromatic N) is 1. The zero-order valence-corrected chi connectivity index (χ0v) is 20.2. The van der Waals surface area contributed by atoms with Crippen molar-refractivity contribution in [3.05, 3.63) is 23.8 Å². The molecule has 178 valence electrons. The lowest BCUT2D eigenvalue weighted by Crippen LogP contribution is -2.26. The van der Waals surface area contributed by atoms with Crippen LogP contribution in [0.25, 0.3) is 0 Å². The predicted molar refractivity (Wildman–Crippen MR) is 132 cm³/mol. The molecule has 0 aliphatic heterocycles. The summed E-state index contributed by atoms with van der Waals surface area (Å²) < 4.78 is 6.05. The van der Waals surface area contributed by atoms with E-state index in [9.17, 15) is 4.79 Å². The summed E-state index contributed by atoms with van der Waals surface area (Å²) in [5.74, 6) is 0.994. The highest BCUT2D eigenvalue weighted by atomic mass is 16.5. The first-order chi connectivity index (χ1) is 15.1. The molecule has 0 saturated heterocycles. The summed E-state index contributed by atoms with van der Waals surface area (Å²) in [5.41, 5.74) is 13.2. The lowest BCUT2D eigenvalue weighted by atomic mass is 10.1. The molecule has 5 nitrogen and oxygen atoms in total. The number of carbonyl (C=O) groups excluding carboxylic acids is 1. The van der Waals surface area contributed by atoms with E-state index < -0.39 is 0 Å². The van der Waals surface area contributed by atoms with Crippen LogP contribution < -0.4 is 16.2 Å². The molecule has 5 heteroatoms. The number of anilines is 1. The first-order valence-electron chi connectivity index (χ1n) is 12.5. The minimum atomic E-state index is 0.153. The van der Waals surface area contributed by atoms with E-state index in [1.165, 1.54) is 57.8 Å². The molecule has 4 N–H and O–H groups in total. The summed E-state index contributed by atoms with van der Waals surface area (Å²) in [6.45, 7) is 4.19. The van der Waals surface area contributed by atoms with Crippen molar-refractivity contribution in [2.24, 2.45) is 5.73 Å². The van der Waals surface area contributed by atoms with Gasteiger partial charge in [-0.1, -0.05) is 71.1 Å². The molecule has 0 saturated carbocycles. The maximum atomic E-state index is 12.4. The fourth-order valence-electron chi connectivity index (χ4n) is 3.77. The van der Waals surface area contributed by atoms with Gasteiger partial charge >= 0.3 is 0 Å². The van der Waals surface area contributed by atoms with Gasteiger partial charge in [-0.3, -0.25) is 4.79 Å². The number of benzene rings is 1. The third-order valence-corrected chi connectivity index (χ3v) is 5.77. The fourth-order valence-corrected chi connectivity index (χ4v) is 3.77. The first-order valence-corrected chi connectivity index (χ1v) is 12.5. The number of nitrogen functional groups attached to an aromatic ring is 1. The Morgan fingerprint density at radius 3 is 2.16 bits per heavy atom. The number of unbranched alkanes of at least 4 members (excludes halogenated alkanes) is 11. The molecule has 31 heavy (non-hydrogen) atoms. The third-order valence-electron chi connectivity index (χ3n) is 5.77. The smallest absolute Gasteiger partial charge is 0.222 e. The Morgan fingerprint density at radius 2 is 1.52 bits per heavy atom. The Bertz CT molecular complexity index is 592. The predicted octanol–water partition coefficient (Wildman–Crippen LogP) is 6.05. The normalized spacial score (nSPS) is 10.9. The quantitative estimate of drug-likeness (QED) is 0.206. The molecule has 0 spiro atoms. The van der Waals surface area contributed by atoms with Gasteiger partial charge in [0.15, 0.2) is 0 Å². The van der Waals surface area contributed by atoms with Gasteiger partial charge in [0.05, 0.1) is 6.61 Å². The van der Waals surface area contributed by atoms with Crippen LogP contribution in [0.2, 0.25) is 0 Å². The van der Waals surface area contributed by atoms with Crippen LogP contribution in [-0.4, -0.2) is 31.0 Å². The lowest BCUT2D eigenvalue weighted by molar-refractivity contribution is -0.130. The van der Waals surface area contributed by atoms with Crippen LogP contribution in [0.5, 0.6) is 5.75 Å². The van der Waals surface area contributed by atoms with E-state index in [0.29, 0.717) is 31.8 Å². The van der Waals surface area contributed by atoms with Gasteiger partial charge in [-0.2, -0.15) is 0 Å². The molecule has 0 atom stereocenters. The number of hydrogen-bond donors (Lipinski definition) is 2. The van der Waals surface area contributed by atoms with E-state index in [1.54, 1.807) is 4.90 Å². The summed E-state index contributed by atoms with van der Waals surface area (Å²) in [4.78, 5) is 14.2. The van der Waals surface area contributed by atoms with Gasteiger partial charge in [0.1, 0.15) is 5.75 Å². The molecule has 1 amide bonds. The van der Waals surface area contributed by atoms with Gasteiger partial charge in [0.25, 0.3) is 0 Å². The van der Waals surface area contributed by atoms with Crippen LogP contribution in [0.15, 0.2) is 18.2 Å². The third kappa shape index (κ3) is 13.3. The van der Waals surface area contributed by atoms with Gasteiger partial charge in [-0.25, -0.2) is 0 Å². The Balaban J connectivity index is 2.30. The van der Waals surface area contributed by atoms with Crippen LogP contribution in [0.4, 0.5) is 5.69 Å². The second-order valence-electron chi connectivity index (χ2n) is 8.75. The summed E-state index contributed by atoms with van der Waals surface area (Å²) in [6.07, 6.45) is 16.5. The Labute approximate surface area is 190 Å². The highest BCUT2D eigenvalue weighted by molar-refractivity contribution is 5.76. The van der Waals surface area contributed by atoms with Crippen molar-refractivity contribution in [1.29, 1.82) is 0 Å². The summed E-state index contributed by atoms with van der Waals surface area (Å²) in [7, 11) is 1.85. The van der Waals surface area contributed by atoms with E-state index in [0.717, 1.165) is 37.0 Å². The van der Waals surface area contributed by atoms with Gasteiger partial charge in [-0.05, 0) is 44.0 Å². The van der Waals surface area contributed by atoms with E-state index in [-0.39, 0.29) is 5.91 Å². The fraction of sp³-hybridized carbons (Fsp3) is 0.731. The van der Waals surface area contributed by atoms with Gasteiger partial charge < -0.3 is 21.1 Å². The molecule has 1 aromatic rings. The second-order valence-corrected chi connectivity index (χ2v) is 8.75. The van der Waals surface area contributed by atoms with Gasteiger partial charge in [0.2, 0.25) is 5.91 Å². The Hall–Kier alpha value is -1.75. The Kier molecular flexibility index (Phi) is 15.7. The molecular weight excluding hydrogens is 386 g/mol. The number of ether oxygens (including phenoxy) is 1. The minimum Gasteiger partial charge on any atom is -0.493 e. The SMILES string of the molecule is CCCCCCCCCCCCOc1ccc(N)cc1CN(C)C(=O)CCCCCN. The van der Waals surface area contributed by atoms with Crippen molar-refractivity contribution in [2.75, 3.05) is 25.9 Å². The largest absolute Gasteiger partial charge is 0.493 e. The highest BCUT2D eigenvalue weighted by Crippen LogP contribution is 2.24. The lowest BCUT2D eigenvalue weighted by Gasteiger charge is -2.20. The molecule has 0 bridgehead atoms. The number of carbonyl (C=O) groups is 1. The topological polar surface area (TPSA) is 81.6 Å². The number of amides is 1. The average Bonchev–Trinajstić information content (AvgIpc) is 2.76. The van der Waals surface area contributed by atoms with E-state index in [2.05, 4.69) is 6.92 Å². The van der Waals surface area contributed by atoms with Crippen LogP contribution >= 0.6 is 0 Å². The van der Waals surface area contributed by atoms with Crippen molar-refractivity contribution in [2.45, 2.75) is 103 Å². The van der Waals surface area contributed by atoms with E-state index in [1.807, 2.05) is 25.2 Å². The monoisotopic (exact) mass is 433 g/mol.